The van der Waals surface area contributed by atoms with E-state index < -0.39 is 0 Å². The van der Waals surface area contributed by atoms with Crippen molar-refractivity contribution in [2.24, 2.45) is 4.99 Å². The average molecular weight is 479 g/mol. The molecule has 0 atom stereocenters. The molecule has 0 spiro atoms. The highest BCUT2D eigenvalue weighted by Gasteiger charge is 2.13. The molecular formula is C22H26N2O4S3. The minimum atomic E-state index is -0.121. The van der Waals surface area contributed by atoms with Gasteiger partial charge in [-0.1, -0.05) is 11.3 Å². The van der Waals surface area contributed by atoms with Crippen molar-refractivity contribution >= 4 is 51.0 Å². The lowest BCUT2D eigenvalue weighted by atomic mass is 10.3. The molecule has 1 aromatic heterocycles. The zero-order valence-electron chi connectivity index (χ0n) is 18.0. The molecular weight excluding hydrogens is 452 g/mol. The Hall–Kier alpha value is -2.10. The largest absolute Gasteiger partial charge is 0.497 e. The van der Waals surface area contributed by atoms with E-state index in [0.29, 0.717) is 28.5 Å². The van der Waals surface area contributed by atoms with E-state index in [2.05, 4.69) is 15.8 Å². The molecule has 0 aliphatic rings. The van der Waals surface area contributed by atoms with Crippen molar-refractivity contribution in [2.75, 3.05) is 39.1 Å². The summed E-state index contributed by atoms with van der Waals surface area (Å²) in [4.78, 5) is 18.8. The fourth-order valence-electron chi connectivity index (χ4n) is 2.97. The Labute approximate surface area is 194 Å². The van der Waals surface area contributed by atoms with E-state index in [1.165, 1.54) is 11.3 Å². The molecule has 1 heterocycles. The Balaban J connectivity index is 1.80. The number of rotatable bonds is 10. The number of fused-ring (bicyclic) bond motifs is 1. The average Bonchev–Trinajstić information content (AvgIpc) is 3.12. The number of amides is 1. The zero-order chi connectivity index (χ0) is 22.2. The summed E-state index contributed by atoms with van der Waals surface area (Å²) < 4.78 is 19.2. The summed E-state index contributed by atoms with van der Waals surface area (Å²) in [6.45, 7) is 0.767. The maximum atomic E-state index is 12.6. The third-order valence-electron chi connectivity index (χ3n) is 4.57. The smallest absolute Gasteiger partial charge is 0.249 e. The molecule has 0 aliphatic heterocycles. The van der Waals surface area contributed by atoms with Crippen molar-refractivity contribution in [2.45, 2.75) is 17.9 Å². The van der Waals surface area contributed by atoms with Gasteiger partial charge >= 0.3 is 0 Å². The van der Waals surface area contributed by atoms with E-state index >= 15 is 0 Å². The van der Waals surface area contributed by atoms with Crippen LogP contribution in [0.15, 0.2) is 46.3 Å². The predicted molar refractivity (Wildman–Crippen MR) is 130 cm³/mol. The van der Waals surface area contributed by atoms with Crippen LogP contribution in [0, 0.1) is 0 Å². The molecule has 0 aliphatic carbocycles. The lowest BCUT2D eigenvalue weighted by Gasteiger charge is -2.09. The normalized spacial score (nSPS) is 11.7. The number of aryl methyl sites for hydroxylation is 1. The second kappa shape index (κ2) is 11.5. The van der Waals surface area contributed by atoms with Gasteiger partial charge in [-0.2, -0.15) is 16.8 Å². The predicted octanol–water partition coefficient (Wildman–Crippen LogP) is 4.70. The summed E-state index contributed by atoms with van der Waals surface area (Å²) in [5.74, 6) is 3.63. The first-order valence-electron chi connectivity index (χ1n) is 9.68. The van der Waals surface area contributed by atoms with Crippen molar-refractivity contribution in [3.8, 4) is 17.2 Å². The maximum Gasteiger partial charge on any atom is 0.249 e. The summed E-state index contributed by atoms with van der Waals surface area (Å²) >= 11 is 4.89. The molecule has 0 saturated heterocycles. The number of hydrogen-bond donors (Lipinski definition) is 0. The fraction of sp³-hybridized carbons (Fsp3) is 0.364. The minimum absolute atomic E-state index is 0.121. The number of thioether (sulfide) groups is 2. The van der Waals surface area contributed by atoms with Crippen LogP contribution in [0.4, 0.5) is 0 Å². The van der Waals surface area contributed by atoms with Crippen molar-refractivity contribution in [1.82, 2.24) is 4.57 Å². The van der Waals surface area contributed by atoms with Gasteiger partial charge in [-0.25, -0.2) is 0 Å². The lowest BCUT2D eigenvalue weighted by Crippen LogP contribution is -2.18. The van der Waals surface area contributed by atoms with Gasteiger partial charge in [0.25, 0.3) is 0 Å². The lowest BCUT2D eigenvalue weighted by molar-refractivity contribution is -0.117. The second-order valence-corrected chi connectivity index (χ2v) is 9.65. The van der Waals surface area contributed by atoms with Crippen LogP contribution >= 0.6 is 34.9 Å². The standard InChI is InChI=1S/C22H26N2O4S3/c1-26-15-5-7-16(8-6-15)30-11-9-21(25)23-22-24(10-12-29-4)17-13-18(27-2)19(28-3)14-20(17)31-22/h5-8,13-14H,9-12H2,1-4H3. The van der Waals surface area contributed by atoms with Crippen LogP contribution in [0.3, 0.4) is 0 Å². The maximum absolute atomic E-state index is 12.6. The number of hydrogen-bond acceptors (Lipinski definition) is 7. The first kappa shape index (κ1) is 23.6. The van der Waals surface area contributed by atoms with Crippen LogP contribution in [0.2, 0.25) is 0 Å². The summed E-state index contributed by atoms with van der Waals surface area (Å²) in [6, 6.07) is 11.7. The first-order chi connectivity index (χ1) is 15.1. The molecule has 3 rings (SSSR count). The van der Waals surface area contributed by atoms with Gasteiger partial charge in [-0.3, -0.25) is 4.79 Å². The van der Waals surface area contributed by atoms with Gasteiger partial charge in [0.05, 0.1) is 31.5 Å². The first-order valence-corrected chi connectivity index (χ1v) is 12.9. The summed E-state index contributed by atoms with van der Waals surface area (Å²) in [6.07, 6.45) is 2.44. The number of benzene rings is 2. The third kappa shape index (κ3) is 5.99. The van der Waals surface area contributed by atoms with Crippen molar-refractivity contribution in [3.05, 3.63) is 41.2 Å². The second-order valence-electron chi connectivity index (χ2n) is 6.48. The Kier molecular flexibility index (Phi) is 8.74. The van der Waals surface area contributed by atoms with Crippen LogP contribution < -0.4 is 19.0 Å². The molecule has 3 aromatic rings. The van der Waals surface area contributed by atoms with Crippen LogP contribution in [0.25, 0.3) is 10.2 Å². The van der Waals surface area contributed by atoms with Crippen LogP contribution in [0.1, 0.15) is 6.42 Å². The molecule has 0 bridgehead atoms. The van der Waals surface area contributed by atoms with Gasteiger partial charge in [0.1, 0.15) is 5.75 Å². The van der Waals surface area contributed by atoms with Crippen molar-refractivity contribution < 1.29 is 19.0 Å². The highest BCUT2D eigenvalue weighted by atomic mass is 32.2. The van der Waals surface area contributed by atoms with E-state index in [9.17, 15) is 4.79 Å². The number of thiazole rings is 1. The van der Waals surface area contributed by atoms with Crippen LogP contribution in [-0.4, -0.2) is 49.6 Å². The van der Waals surface area contributed by atoms with Gasteiger partial charge in [-0.15, -0.1) is 11.8 Å². The molecule has 0 saturated carbocycles. The van der Waals surface area contributed by atoms with E-state index in [1.54, 1.807) is 44.9 Å². The SMILES string of the molecule is COc1ccc(SCCC(=O)N=c2sc3cc(OC)c(OC)cc3n2CCSC)cc1. The Morgan fingerprint density at radius 3 is 2.39 bits per heavy atom. The Bertz CT molecular complexity index is 1090. The molecule has 0 N–H and O–H groups in total. The van der Waals surface area contributed by atoms with Crippen molar-refractivity contribution in [1.29, 1.82) is 0 Å². The molecule has 0 unspecified atom stereocenters. The highest BCUT2D eigenvalue weighted by Crippen LogP contribution is 2.33. The monoisotopic (exact) mass is 478 g/mol. The van der Waals surface area contributed by atoms with Crippen LogP contribution in [0.5, 0.6) is 17.2 Å². The minimum Gasteiger partial charge on any atom is -0.497 e. The number of ether oxygens (including phenoxy) is 3. The number of carbonyl (C=O) groups excluding carboxylic acids is 1. The molecule has 166 valence electrons. The Morgan fingerprint density at radius 2 is 1.74 bits per heavy atom. The summed E-state index contributed by atoms with van der Waals surface area (Å²) in [5, 5.41) is 0. The van der Waals surface area contributed by atoms with E-state index in [1.807, 2.05) is 36.4 Å². The van der Waals surface area contributed by atoms with Crippen LogP contribution in [-0.2, 0) is 11.3 Å². The molecule has 2 aromatic carbocycles. The fourth-order valence-corrected chi connectivity index (χ4v) is 5.26. The van der Waals surface area contributed by atoms with E-state index in [0.717, 1.165) is 33.2 Å². The quantitative estimate of drug-likeness (QED) is 0.394. The van der Waals surface area contributed by atoms with Gasteiger partial charge in [-0.05, 0) is 30.5 Å². The molecule has 0 fully saturated rings. The Morgan fingerprint density at radius 1 is 1.03 bits per heavy atom. The molecule has 6 nitrogen and oxygen atoms in total. The van der Waals surface area contributed by atoms with Gasteiger partial charge in [0.2, 0.25) is 5.91 Å². The van der Waals surface area contributed by atoms with Gasteiger partial charge < -0.3 is 18.8 Å². The molecule has 9 heteroatoms. The topological polar surface area (TPSA) is 62.1 Å². The van der Waals surface area contributed by atoms with E-state index in [-0.39, 0.29) is 5.91 Å². The third-order valence-corrected chi connectivity index (χ3v) is 7.22. The number of carbonyl (C=O) groups is 1. The molecule has 1 amide bonds. The summed E-state index contributed by atoms with van der Waals surface area (Å²) in [5.41, 5.74) is 0.996. The van der Waals surface area contributed by atoms with Gasteiger partial charge in [0, 0.05) is 41.5 Å². The zero-order valence-corrected chi connectivity index (χ0v) is 20.5. The highest BCUT2D eigenvalue weighted by molar-refractivity contribution is 7.99. The number of aromatic nitrogens is 1. The van der Waals surface area contributed by atoms with E-state index in [4.69, 9.17) is 14.2 Å². The summed E-state index contributed by atoms with van der Waals surface area (Å²) in [7, 11) is 4.89. The number of nitrogens with zero attached hydrogens (tertiary/aromatic N) is 2. The molecule has 31 heavy (non-hydrogen) atoms. The van der Waals surface area contributed by atoms with Gasteiger partial charge in [0.15, 0.2) is 16.3 Å². The number of methoxy groups -OCH3 is 3. The van der Waals surface area contributed by atoms with Crippen molar-refractivity contribution in [3.63, 3.8) is 0 Å². The molecule has 0 radical (unpaired) electrons.